The maximum Gasteiger partial charge on any atom is 0.251 e. The summed E-state index contributed by atoms with van der Waals surface area (Å²) in [5, 5.41) is 3.37. The molecule has 1 heterocycles. The van der Waals surface area contributed by atoms with Crippen LogP contribution in [-0.4, -0.2) is 33.0 Å². The molecule has 1 unspecified atom stereocenters. The van der Waals surface area contributed by atoms with Gasteiger partial charge in [-0.2, -0.15) is 11.8 Å². The minimum atomic E-state index is -0.410. The second-order valence-corrected chi connectivity index (χ2v) is 9.00. The highest BCUT2D eigenvalue weighted by Gasteiger charge is 2.16. The molecule has 2 aromatic rings. The molecule has 2 N–H and O–H groups in total. The Kier molecular flexibility index (Phi) is 8.24. The van der Waals surface area contributed by atoms with E-state index in [1.54, 1.807) is 30.8 Å². The molecule has 0 radical (unpaired) electrons. The zero-order chi connectivity index (χ0) is 19.8. The number of carbonyl (C=O) groups is 1. The molecule has 146 valence electrons. The van der Waals surface area contributed by atoms with Crippen LogP contribution in [0.4, 0.5) is 5.69 Å². The van der Waals surface area contributed by atoms with E-state index in [4.69, 9.17) is 4.74 Å². The summed E-state index contributed by atoms with van der Waals surface area (Å²) in [4.78, 5) is 31.4. The molecule has 0 aliphatic rings. The van der Waals surface area contributed by atoms with Crippen LogP contribution in [-0.2, 0) is 10.5 Å². The van der Waals surface area contributed by atoms with Crippen LogP contribution in [0.5, 0.6) is 5.75 Å². The first kappa shape index (κ1) is 21.4. The van der Waals surface area contributed by atoms with Crippen molar-refractivity contribution in [3.8, 4) is 5.75 Å². The molecule has 0 spiro atoms. The standard InChI is InChI=1S/C19H25N3O3S2/c1-5-25-16-8-6-14(7-9-16)20-18(24)13(4)27-19-21-15(10-17(23)22-19)11-26-12(2)3/h6-10,12-13H,5,11H2,1-4H3,(H,20,24)(H,21,22,23). The first-order valence-electron chi connectivity index (χ1n) is 8.79. The number of H-pyrrole nitrogens is 1. The minimum Gasteiger partial charge on any atom is -0.494 e. The van der Waals surface area contributed by atoms with Crippen molar-refractivity contribution in [2.45, 2.75) is 49.1 Å². The summed E-state index contributed by atoms with van der Waals surface area (Å²) in [6.45, 7) is 8.49. The van der Waals surface area contributed by atoms with Crippen molar-refractivity contribution in [2.24, 2.45) is 0 Å². The van der Waals surface area contributed by atoms with Crippen LogP contribution >= 0.6 is 23.5 Å². The molecule has 2 rings (SSSR count). The number of rotatable bonds is 9. The summed E-state index contributed by atoms with van der Waals surface area (Å²) in [6, 6.07) is 8.72. The minimum absolute atomic E-state index is 0.159. The third-order valence-electron chi connectivity index (χ3n) is 3.43. The van der Waals surface area contributed by atoms with E-state index in [-0.39, 0.29) is 11.5 Å². The lowest BCUT2D eigenvalue weighted by Crippen LogP contribution is -2.23. The van der Waals surface area contributed by atoms with E-state index in [0.29, 0.717) is 28.5 Å². The van der Waals surface area contributed by atoms with Gasteiger partial charge in [-0.15, -0.1) is 0 Å². The van der Waals surface area contributed by atoms with Crippen molar-refractivity contribution >= 4 is 35.1 Å². The number of nitrogens with one attached hydrogen (secondary N) is 2. The SMILES string of the molecule is CCOc1ccc(NC(=O)C(C)Sc2nc(CSC(C)C)cc(=O)[nH]2)cc1. The molecule has 1 aromatic carbocycles. The summed E-state index contributed by atoms with van der Waals surface area (Å²) in [6.07, 6.45) is 0. The maximum atomic E-state index is 12.4. The Balaban J connectivity index is 1.98. The summed E-state index contributed by atoms with van der Waals surface area (Å²) >= 11 is 2.95. The molecule has 0 fully saturated rings. The lowest BCUT2D eigenvalue weighted by Gasteiger charge is -2.12. The molecule has 1 atom stereocenters. The van der Waals surface area contributed by atoms with Gasteiger partial charge in [0.05, 0.1) is 17.6 Å². The first-order valence-corrected chi connectivity index (χ1v) is 10.7. The second kappa shape index (κ2) is 10.4. The Morgan fingerprint density at radius 1 is 1.26 bits per heavy atom. The highest BCUT2D eigenvalue weighted by atomic mass is 32.2. The van der Waals surface area contributed by atoms with Crippen LogP contribution in [0.3, 0.4) is 0 Å². The smallest absolute Gasteiger partial charge is 0.251 e. The molecule has 8 heteroatoms. The molecular weight excluding hydrogens is 382 g/mol. The summed E-state index contributed by atoms with van der Waals surface area (Å²) < 4.78 is 5.39. The Hall–Kier alpha value is -1.93. The topological polar surface area (TPSA) is 84.1 Å². The Labute approximate surface area is 167 Å². The predicted molar refractivity (Wildman–Crippen MR) is 113 cm³/mol. The molecule has 0 bridgehead atoms. The van der Waals surface area contributed by atoms with Crippen molar-refractivity contribution in [1.82, 2.24) is 9.97 Å². The van der Waals surface area contributed by atoms with Crippen LogP contribution in [0.15, 0.2) is 40.3 Å². The molecule has 0 saturated heterocycles. The summed E-state index contributed by atoms with van der Waals surface area (Å²) in [7, 11) is 0. The van der Waals surface area contributed by atoms with Gasteiger partial charge < -0.3 is 15.0 Å². The molecular formula is C19H25N3O3S2. The maximum absolute atomic E-state index is 12.4. The highest BCUT2D eigenvalue weighted by molar-refractivity contribution is 8.00. The average Bonchev–Trinajstić information content (AvgIpc) is 2.61. The zero-order valence-corrected chi connectivity index (χ0v) is 17.6. The van der Waals surface area contributed by atoms with Crippen molar-refractivity contribution in [2.75, 3.05) is 11.9 Å². The summed E-state index contributed by atoms with van der Waals surface area (Å²) in [5.74, 6) is 1.27. The number of anilines is 1. The monoisotopic (exact) mass is 407 g/mol. The van der Waals surface area contributed by atoms with Gasteiger partial charge >= 0.3 is 0 Å². The van der Waals surface area contributed by atoms with E-state index in [1.807, 2.05) is 19.1 Å². The molecule has 6 nitrogen and oxygen atoms in total. The molecule has 27 heavy (non-hydrogen) atoms. The fraction of sp³-hybridized carbons (Fsp3) is 0.421. The lowest BCUT2D eigenvalue weighted by atomic mass is 10.3. The van der Waals surface area contributed by atoms with E-state index in [0.717, 1.165) is 11.4 Å². The van der Waals surface area contributed by atoms with E-state index in [2.05, 4.69) is 29.1 Å². The Bertz CT molecular complexity index is 807. The average molecular weight is 408 g/mol. The number of aromatic nitrogens is 2. The predicted octanol–water partition coefficient (Wildman–Crippen LogP) is 3.93. The number of ether oxygens (including phenoxy) is 1. The number of thioether (sulfide) groups is 2. The van der Waals surface area contributed by atoms with Gasteiger partial charge in [0.15, 0.2) is 5.16 Å². The number of hydrogen-bond donors (Lipinski definition) is 2. The first-order chi connectivity index (χ1) is 12.9. The largest absolute Gasteiger partial charge is 0.494 e. The Morgan fingerprint density at radius 2 is 1.96 bits per heavy atom. The second-order valence-electron chi connectivity index (χ2n) is 6.11. The number of benzene rings is 1. The van der Waals surface area contributed by atoms with E-state index >= 15 is 0 Å². The van der Waals surface area contributed by atoms with Gasteiger partial charge in [-0.3, -0.25) is 9.59 Å². The highest BCUT2D eigenvalue weighted by Crippen LogP contribution is 2.22. The van der Waals surface area contributed by atoms with Gasteiger partial charge in [-0.1, -0.05) is 25.6 Å². The van der Waals surface area contributed by atoms with E-state index in [1.165, 1.54) is 17.8 Å². The third-order valence-corrected chi connectivity index (χ3v) is 5.54. The summed E-state index contributed by atoms with van der Waals surface area (Å²) in [5.41, 5.74) is 1.21. The van der Waals surface area contributed by atoms with Gasteiger partial charge in [0.25, 0.3) is 5.56 Å². The van der Waals surface area contributed by atoms with Crippen LogP contribution in [0.2, 0.25) is 0 Å². The van der Waals surface area contributed by atoms with Crippen LogP contribution in [0.1, 0.15) is 33.4 Å². The van der Waals surface area contributed by atoms with Crippen LogP contribution < -0.4 is 15.6 Å². The molecule has 0 saturated carbocycles. The fourth-order valence-electron chi connectivity index (χ4n) is 2.13. The van der Waals surface area contributed by atoms with Gasteiger partial charge in [0.1, 0.15) is 5.75 Å². The van der Waals surface area contributed by atoms with E-state index in [9.17, 15) is 9.59 Å². The van der Waals surface area contributed by atoms with Gasteiger partial charge in [-0.25, -0.2) is 4.98 Å². The molecule has 0 aliphatic heterocycles. The van der Waals surface area contributed by atoms with Crippen molar-refractivity contribution in [3.63, 3.8) is 0 Å². The number of carbonyl (C=O) groups excluding carboxylic acids is 1. The van der Waals surface area contributed by atoms with Crippen molar-refractivity contribution in [1.29, 1.82) is 0 Å². The lowest BCUT2D eigenvalue weighted by molar-refractivity contribution is -0.115. The van der Waals surface area contributed by atoms with Crippen LogP contribution in [0, 0.1) is 0 Å². The number of amides is 1. The fourth-order valence-corrected chi connectivity index (χ4v) is 3.61. The van der Waals surface area contributed by atoms with Crippen LogP contribution in [0.25, 0.3) is 0 Å². The van der Waals surface area contributed by atoms with Crippen molar-refractivity contribution in [3.05, 3.63) is 46.4 Å². The normalized spacial score (nSPS) is 12.0. The molecule has 0 aliphatic carbocycles. The van der Waals surface area contributed by atoms with Crippen molar-refractivity contribution < 1.29 is 9.53 Å². The number of hydrogen-bond acceptors (Lipinski definition) is 6. The number of nitrogens with zero attached hydrogens (tertiary/aromatic N) is 1. The zero-order valence-electron chi connectivity index (χ0n) is 15.9. The van der Waals surface area contributed by atoms with Gasteiger partial charge in [0, 0.05) is 17.5 Å². The third kappa shape index (κ3) is 7.30. The molecule has 1 amide bonds. The van der Waals surface area contributed by atoms with E-state index < -0.39 is 5.25 Å². The molecule has 1 aromatic heterocycles. The Morgan fingerprint density at radius 3 is 2.59 bits per heavy atom. The quantitative estimate of drug-likeness (QED) is 0.484. The van der Waals surface area contributed by atoms with Gasteiger partial charge in [-0.05, 0) is 43.4 Å². The van der Waals surface area contributed by atoms with Gasteiger partial charge in [0.2, 0.25) is 5.91 Å². The number of aromatic amines is 1.